The number of ether oxygens (including phenoxy) is 3. The van der Waals surface area contributed by atoms with Gasteiger partial charge in [0, 0.05) is 18.2 Å². The van der Waals surface area contributed by atoms with Crippen molar-refractivity contribution in [3.05, 3.63) is 48.3 Å². The predicted octanol–water partition coefficient (Wildman–Crippen LogP) is 3.56. The second kappa shape index (κ2) is 7.88. The Kier molecular flexibility index (Phi) is 5.16. The number of benzene rings is 2. The fourth-order valence-electron chi connectivity index (χ4n) is 3.71. The molecule has 1 N–H and O–H groups in total. The topological polar surface area (TPSA) is 57.5 Å². The first-order valence-corrected chi connectivity index (χ1v) is 9.31. The maximum atomic E-state index is 6.00. The van der Waals surface area contributed by atoms with Crippen LogP contribution < -0.4 is 19.5 Å². The Labute approximate surface area is 159 Å². The average molecular weight is 367 g/mol. The molecule has 0 radical (unpaired) electrons. The van der Waals surface area contributed by atoms with Gasteiger partial charge in [-0.1, -0.05) is 18.2 Å². The molecule has 0 atom stereocenters. The zero-order valence-electron chi connectivity index (χ0n) is 15.8. The normalized spacial score (nSPS) is 15.0. The molecule has 0 spiro atoms. The highest BCUT2D eigenvalue weighted by Crippen LogP contribution is 2.35. The molecular weight excluding hydrogens is 342 g/mol. The lowest BCUT2D eigenvalue weighted by molar-refractivity contribution is 0.276. The van der Waals surface area contributed by atoms with E-state index in [1.54, 1.807) is 14.2 Å². The number of imidazole rings is 1. The van der Waals surface area contributed by atoms with Gasteiger partial charge in [-0.25, -0.2) is 4.98 Å². The lowest BCUT2D eigenvalue weighted by Gasteiger charge is -2.26. The van der Waals surface area contributed by atoms with Gasteiger partial charge in [-0.05, 0) is 38.1 Å². The number of rotatable bonds is 6. The predicted molar refractivity (Wildman–Crippen MR) is 105 cm³/mol. The summed E-state index contributed by atoms with van der Waals surface area (Å²) in [6, 6.07) is 14.2. The number of fused-ring (bicyclic) bond motifs is 1. The van der Waals surface area contributed by atoms with Crippen molar-refractivity contribution in [2.75, 3.05) is 27.3 Å². The SMILES string of the molecule is COc1cc2nc(COc3ccccc3)n(C3CCNCC3)c2cc1OC. The fourth-order valence-corrected chi connectivity index (χ4v) is 3.71. The van der Waals surface area contributed by atoms with Gasteiger partial charge >= 0.3 is 0 Å². The number of methoxy groups -OCH3 is 2. The van der Waals surface area contributed by atoms with E-state index in [1.807, 2.05) is 42.5 Å². The largest absolute Gasteiger partial charge is 0.493 e. The van der Waals surface area contributed by atoms with E-state index in [0.717, 1.165) is 54.3 Å². The maximum Gasteiger partial charge on any atom is 0.163 e. The molecule has 1 fully saturated rings. The van der Waals surface area contributed by atoms with Crippen LogP contribution in [0.4, 0.5) is 0 Å². The third-order valence-electron chi connectivity index (χ3n) is 5.05. The second-order valence-corrected chi connectivity index (χ2v) is 6.68. The summed E-state index contributed by atoms with van der Waals surface area (Å²) in [5, 5.41) is 3.43. The van der Waals surface area contributed by atoms with Crippen LogP contribution in [0.2, 0.25) is 0 Å². The van der Waals surface area contributed by atoms with Crippen LogP contribution in [0.25, 0.3) is 11.0 Å². The van der Waals surface area contributed by atoms with Gasteiger partial charge in [-0.15, -0.1) is 0 Å². The van der Waals surface area contributed by atoms with Crippen LogP contribution in [0.5, 0.6) is 17.2 Å². The van der Waals surface area contributed by atoms with Crippen molar-refractivity contribution in [2.24, 2.45) is 0 Å². The summed E-state index contributed by atoms with van der Waals surface area (Å²) in [6.45, 7) is 2.44. The molecule has 2 aromatic carbocycles. The minimum Gasteiger partial charge on any atom is -0.493 e. The average Bonchev–Trinajstić information content (AvgIpc) is 3.09. The molecule has 0 amide bonds. The minimum absolute atomic E-state index is 0.392. The van der Waals surface area contributed by atoms with Crippen LogP contribution >= 0.6 is 0 Å². The standard InChI is InChI=1S/C21H25N3O3/c1-25-19-12-17-18(13-20(19)26-2)24(15-8-10-22-11-9-15)21(23-17)14-27-16-6-4-3-5-7-16/h3-7,12-13,15,22H,8-11,14H2,1-2H3. The molecule has 142 valence electrons. The van der Waals surface area contributed by atoms with Gasteiger partial charge in [0.1, 0.15) is 18.2 Å². The number of para-hydroxylation sites is 1. The van der Waals surface area contributed by atoms with E-state index in [1.165, 1.54) is 0 Å². The molecule has 1 aromatic heterocycles. The highest BCUT2D eigenvalue weighted by atomic mass is 16.5. The Morgan fingerprint density at radius 1 is 1.04 bits per heavy atom. The number of aromatic nitrogens is 2. The minimum atomic E-state index is 0.392. The van der Waals surface area contributed by atoms with Crippen molar-refractivity contribution in [2.45, 2.75) is 25.5 Å². The van der Waals surface area contributed by atoms with Gasteiger partial charge in [-0.3, -0.25) is 0 Å². The lowest BCUT2D eigenvalue weighted by Crippen LogP contribution is -2.30. The van der Waals surface area contributed by atoms with E-state index >= 15 is 0 Å². The van der Waals surface area contributed by atoms with Crippen LogP contribution in [-0.2, 0) is 6.61 Å². The molecule has 6 heteroatoms. The maximum absolute atomic E-state index is 6.00. The molecule has 6 nitrogen and oxygen atoms in total. The van der Waals surface area contributed by atoms with Gasteiger partial charge in [0.15, 0.2) is 11.5 Å². The molecule has 1 saturated heterocycles. The molecule has 0 unspecified atom stereocenters. The van der Waals surface area contributed by atoms with Gasteiger partial charge in [0.05, 0.1) is 25.3 Å². The zero-order valence-corrected chi connectivity index (χ0v) is 15.8. The van der Waals surface area contributed by atoms with Crippen molar-refractivity contribution in [1.82, 2.24) is 14.9 Å². The van der Waals surface area contributed by atoms with Crippen LogP contribution in [-0.4, -0.2) is 36.9 Å². The van der Waals surface area contributed by atoms with Crippen molar-refractivity contribution in [3.8, 4) is 17.2 Å². The zero-order chi connectivity index (χ0) is 18.6. The summed E-state index contributed by atoms with van der Waals surface area (Å²) >= 11 is 0. The molecule has 0 saturated carbocycles. The quantitative estimate of drug-likeness (QED) is 0.722. The first kappa shape index (κ1) is 17.7. The van der Waals surface area contributed by atoms with Crippen LogP contribution in [0.3, 0.4) is 0 Å². The molecule has 1 aliphatic heterocycles. The van der Waals surface area contributed by atoms with Crippen LogP contribution in [0.15, 0.2) is 42.5 Å². The van der Waals surface area contributed by atoms with Gasteiger partial charge < -0.3 is 24.1 Å². The van der Waals surface area contributed by atoms with E-state index in [0.29, 0.717) is 18.4 Å². The fraction of sp³-hybridized carbons (Fsp3) is 0.381. The number of hydrogen-bond acceptors (Lipinski definition) is 5. The Morgan fingerprint density at radius 2 is 1.74 bits per heavy atom. The van der Waals surface area contributed by atoms with E-state index in [4.69, 9.17) is 19.2 Å². The summed E-state index contributed by atoms with van der Waals surface area (Å²) in [5.41, 5.74) is 1.96. The number of nitrogens with one attached hydrogen (secondary N) is 1. The van der Waals surface area contributed by atoms with E-state index in [2.05, 4.69) is 9.88 Å². The number of piperidine rings is 1. The van der Waals surface area contributed by atoms with E-state index < -0.39 is 0 Å². The first-order valence-electron chi connectivity index (χ1n) is 9.31. The molecule has 4 rings (SSSR count). The number of nitrogens with zero attached hydrogens (tertiary/aromatic N) is 2. The highest BCUT2D eigenvalue weighted by Gasteiger charge is 2.23. The van der Waals surface area contributed by atoms with Crippen LogP contribution in [0.1, 0.15) is 24.7 Å². The Balaban J connectivity index is 1.75. The summed E-state index contributed by atoms with van der Waals surface area (Å²) in [7, 11) is 3.31. The monoisotopic (exact) mass is 367 g/mol. The van der Waals surface area contributed by atoms with Gasteiger partial charge in [0.25, 0.3) is 0 Å². The van der Waals surface area contributed by atoms with E-state index in [9.17, 15) is 0 Å². The third-order valence-corrected chi connectivity index (χ3v) is 5.05. The second-order valence-electron chi connectivity index (χ2n) is 6.68. The van der Waals surface area contributed by atoms with Crippen molar-refractivity contribution < 1.29 is 14.2 Å². The molecule has 0 bridgehead atoms. The Hall–Kier alpha value is -2.73. The molecule has 1 aliphatic rings. The van der Waals surface area contributed by atoms with Gasteiger partial charge in [-0.2, -0.15) is 0 Å². The summed E-state index contributed by atoms with van der Waals surface area (Å²) < 4.78 is 19.3. The van der Waals surface area contributed by atoms with Gasteiger partial charge in [0.2, 0.25) is 0 Å². The molecular formula is C21H25N3O3. The summed E-state index contributed by atoms with van der Waals surface area (Å²) in [6.07, 6.45) is 2.14. The summed E-state index contributed by atoms with van der Waals surface area (Å²) in [5.74, 6) is 3.18. The first-order chi connectivity index (χ1) is 13.3. The highest BCUT2D eigenvalue weighted by molar-refractivity contribution is 5.81. The third kappa shape index (κ3) is 3.57. The van der Waals surface area contributed by atoms with Crippen molar-refractivity contribution in [3.63, 3.8) is 0 Å². The van der Waals surface area contributed by atoms with Crippen molar-refractivity contribution >= 4 is 11.0 Å². The lowest BCUT2D eigenvalue weighted by atomic mass is 10.1. The summed E-state index contributed by atoms with van der Waals surface area (Å²) in [4.78, 5) is 4.87. The van der Waals surface area contributed by atoms with E-state index in [-0.39, 0.29) is 0 Å². The van der Waals surface area contributed by atoms with Crippen molar-refractivity contribution in [1.29, 1.82) is 0 Å². The molecule has 27 heavy (non-hydrogen) atoms. The Bertz CT molecular complexity index is 902. The Morgan fingerprint density at radius 3 is 2.44 bits per heavy atom. The van der Waals surface area contributed by atoms with Crippen LogP contribution in [0, 0.1) is 0 Å². The number of hydrogen-bond donors (Lipinski definition) is 1. The smallest absolute Gasteiger partial charge is 0.163 e. The molecule has 0 aliphatic carbocycles. The molecule has 3 aromatic rings. The molecule has 2 heterocycles.